The Balaban J connectivity index is 1.41. The molecule has 0 aromatic carbocycles. The highest BCUT2D eigenvalue weighted by Gasteiger charge is 2.24. The van der Waals surface area contributed by atoms with Crippen LogP contribution in [0.4, 0.5) is 0 Å². The third-order valence-electron chi connectivity index (χ3n) is 4.17. The summed E-state index contributed by atoms with van der Waals surface area (Å²) in [5.41, 5.74) is 0.484. The van der Waals surface area contributed by atoms with Crippen molar-refractivity contribution in [2.45, 2.75) is 25.0 Å². The van der Waals surface area contributed by atoms with Gasteiger partial charge in [-0.3, -0.25) is 9.78 Å². The first-order chi connectivity index (χ1) is 10.8. The molecule has 1 amide bonds. The molecule has 2 saturated heterocycles. The second kappa shape index (κ2) is 7.67. The van der Waals surface area contributed by atoms with Crippen molar-refractivity contribution in [3.8, 4) is 0 Å². The van der Waals surface area contributed by atoms with Crippen molar-refractivity contribution >= 4 is 5.91 Å². The Hall–Kier alpha value is -1.50. The van der Waals surface area contributed by atoms with Gasteiger partial charge in [0.1, 0.15) is 5.69 Å². The van der Waals surface area contributed by atoms with Crippen molar-refractivity contribution in [2.75, 3.05) is 39.5 Å². The largest absolute Gasteiger partial charge is 0.376 e. The number of likely N-dealkylation sites (tertiary alicyclic amines) is 1. The highest BCUT2D eigenvalue weighted by Crippen LogP contribution is 2.13. The molecule has 3 heterocycles. The molecule has 6 heteroatoms. The maximum absolute atomic E-state index is 12.1. The molecule has 3 rings (SSSR count). The summed E-state index contributed by atoms with van der Waals surface area (Å²) in [5, 5.41) is 3.08. The SMILES string of the molecule is O=C(NC1CCN(CC2COCCO2)CC1)c1ccccn1. The van der Waals surface area contributed by atoms with E-state index in [1.165, 1.54) is 0 Å². The summed E-state index contributed by atoms with van der Waals surface area (Å²) in [5.74, 6) is -0.0805. The number of nitrogens with zero attached hydrogens (tertiary/aromatic N) is 2. The molecule has 1 N–H and O–H groups in total. The molecule has 0 radical (unpaired) electrons. The van der Waals surface area contributed by atoms with Gasteiger partial charge < -0.3 is 19.7 Å². The Bertz CT molecular complexity index is 469. The Morgan fingerprint density at radius 3 is 2.86 bits per heavy atom. The summed E-state index contributed by atoms with van der Waals surface area (Å²) in [6, 6.07) is 5.61. The Kier molecular flexibility index (Phi) is 5.37. The predicted molar refractivity (Wildman–Crippen MR) is 81.7 cm³/mol. The first kappa shape index (κ1) is 15.4. The van der Waals surface area contributed by atoms with E-state index in [-0.39, 0.29) is 18.1 Å². The first-order valence-corrected chi connectivity index (χ1v) is 7.95. The standard InChI is InChI=1S/C16H23N3O3/c20-16(15-3-1-2-6-17-15)18-13-4-7-19(8-5-13)11-14-12-21-9-10-22-14/h1-3,6,13-14H,4-5,7-12H2,(H,18,20). The fourth-order valence-electron chi connectivity index (χ4n) is 2.95. The zero-order valence-electron chi connectivity index (χ0n) is 12.7. The van der Waals surface area contributed by atoms with E-state index in [9.17, 15) is 4.79 Å². The summed E-state index contributed by atoms with van der Waals surface area (Å²) in [4.78, 5) is 18.6. The fraction of sp³-hybridized carbons (Fsp3) is 0.625. The molecule has 0 bridgehead atoms. The third-order valence-corrected chi connectivity index (χ3v) is 4.17. The topological polar surface area (TPSA) is 63.7 Å². The molecule has 22 heavy (non-hydrogen) atoms. The van der Waals surface area contributed by atoms with Gasteiger partial charge in [0.25, 0.3) is 5.91 Å². The zero-order chi connectivity index (χ0) is 15.2. The van der Waals surface area contributed by atoms with Crippen molar-refractivity contribution in [2.24, 2.45) is 0 Å². The number of aromatic nitrogens is 1. The van der Waals surface area contributed by atoms with Crippen LogP contribution in [-0.2, 0) is 9.47 Å². The van der Waals surface area contributed by atoms with Crippen LogP contribution < -0.4 is 5.32 Å². The summed E-state index contributed by atoms with van der Waals surface area (Å²) in [6.45, 7) is 4.97. The van der Waals surface area contributed by atoms with Crippen LogP contribution in [0.5, 0.6) is 0 Å². The minimum atomic E-state index is -0.0805. The van der Waals surface area contributed by atoms with E-state index in [1.807, 2.05) is 12.1 Å². The van der Waals surface area contributed by atoms with Gasteiger partial charge in [-0.05, 0) is 25.0 Å². The van der Waals surface area contributed by atoms with Gasteiger partial charge in [-0.15, -0.1) is 0 Å². The lowest BCUT2D eigenvalue weighted by Gasteiger charge is -2.35. The van der Waals surface area contributed by atoms with Gasteiger partial charge in [-0.25, -0.2) is 0 Å². The average molecular weight is 305 g/mol. The molecule has 6 nitrogen and oxygen atoms in total. The van der Waals surface area contributed by atoms with E-state index in [0.29, 0.717) is 25.5 Å². The minimum absolute atomic E-state index is 0.0805. The quantitative estimate of drug-likeness (QED) is 0.887. The number of hydrogen-bond acceptors (Lipinski definition) is 5. The lowest BCUT2D eigenvalue weighted by Crippen LogP contribution is -2.48. The van der Waals surface area contributed by atoms with Crippen LogP contribution >= 0.6 is 0 Å². The number of piperidine rings is 1. The molecular weight excluding hydrogens is 282 g/mol. The molecule has 2 aliphatic rings. The van der Waals surface area contributed by atoms with Crippen molar-refractivity contribution in [3.63, 3.8) is 0 Å². The molecule has 0 spiro atoms. The number of ether oxygens (including phenoxy) is 2. The average Bonchev–Trinajstić information content (AvgIpc) is 2.58. The van der Waals surface area contributed by atoms with E-state index in [0.717, 1.165) is 32.5 Å². The van der Waals surface area contributed by atoms with Gasteiger partial charge >= 0.3 is 0 Å². The van der Waals surface area contributed by atoms with Crippen LogP contribution in [-0.4, -0.2) is 67.4 Å². The van der Waals surface area contributed by atoms with Gasteiger partial charge in [0.2, 0.25) is 0 Å². The third kappa shape index (κ3) is 4.25. The lowest BCUT2D eigenvalue weighted by molar-refractivity contribution is -0.0988. The van der Waals surface area contributed by atoms with Crippen LogP contribution in [0, 0.1) is 0 Å². The van der Waals surface area contributed by atoms with Crippen molar-refractivity contribution in [1.82, 2.24) is 15.2 Å². The maximum Gasteiger partial charge on any atom is 0.270 e. The Morgan fingerprint density at radius 2 is 2.18 bits per heavy atom. The van der Waals surface area contributed by atoms with Crippen molar-refractivity contribution in [3.05, 3.63) is 30.1 Å². The maximum atomic E-state index is 12.1. The van der Waals surface area contributed by atoms with Gasteiger partial charge in [0, 0.05) is 31.9 Å². The van der Waals surface area contributed by atoms with Crippen LogP contribution in [0.1, 0.15) is 23.3 Å². The number of carbonyl (C=O) groups is 1. The smallest absolute Gasteiger partial charge is 0.270 e. The number of rotatable bonds is 4. The fourth-order valence-corrected chi connectivity index (χ4v) is 2.95. The van der Waals surface area contributed by atoms with Crippen LogP contribution in [0.15, 0.2) is 24.4 Å². The zero-order valence-corrected chi connectivity index (χ0v) is 12.7. The molecule has 2 fully saturated rings. The Morgan fingerprint density at radius 1 is 1.32 bits per heavy atom. The van der Waals surface area contributed by atoms with E-state index in [1.54, 1.807) is 12.3 Å². The molecule has 1 aromatic rings. The monoisotopic (exact) mass is 305 g/mol. The normalized spacial score (nSPS) is 24.1. The van der Waals surface area contributed by atoms with Crippen LogP contribution in [0.25, 0.3) is 0 Å². The molecule has 0 saturated carbocycles. The summed E-state index contributed by atoms with van der Waals surface area (Å²) >= 11 is 0. The highest BCUT2D eigenvalue weighted by molar-refractivity contribution is 5.92. The molecule has 1 atom stereocenters. The number of pyridine rings is 1. The molecule has 0 aliphatic carbocycles. The van der Waals surface area contributed by atoms with Gasteiger partial charge in [-0.1, -0.05) is 6.07 Å². The molecular formula is C16H23N3O3. The van der Waals surface area contributed by atoms with Gasteiger partial charge in [0.05, 0.1) is 25.9 Å². The highest BCUT2D eigenvalue weighted by atomic mass is 16.6. The molecule has 1 unspecified atom stereocenters. The van der Waals surface area contributed by atoms with E-state index in [4.69, 9.17) is 9.47 Å². The van der Waals surface area contributed by atoms with E-state index >= 15 is 0 Å². The summed E-state index contributed by atoms with van der Waals surface area (Å²) in [7, 11) is 0. The van der Waals surface area contributed by atoms with Crippen molar-refractivity contribution < 1.29 is 14.3 Å². The Labute approximate surface area is 130 Å². The second-order valence-electron chi connectivity index (χ2n) is 5.83. The minimum Gasteiger partial charge on any atom is -0.376 e. The number of hydrogen-bond donors (Lipinski definition) is 1. The van der Waals surface area contributed by atoms with Gasteiger partial charge in [-0.2, -0.15) is 0 Å². The summed E-state index contributed by atoms with van der Waals surface area (Å²) < 4.78 is 11.1. The number of amides is 1. The second-order valence-corrected chi connectivity index (χ2v) is 5.83. The predicted octanol–water partition coefficient (Wildman–Crippen LogP) is 0.691. The number of nitrogens with one attached hydrogen (secondary N) is 1. The van der Waals surface area contributed by atoms with Gasteiger partial charge in [0.15, 0.2) is 0 Å². The van der Waals surface area contributed by atoms with Crippen LogP contribution in [0.3, 0.4) is 0 Å². The molecule has 120 valence electrons. The van der Waals surface area contributed by atoms with Crippen LogP contribution in [0.2, 0.25) is 0 Å². The molecule has 1 aromatic heterocycles. The van der Waals surface area contributed by atoms with E-state index in [2.05, 4.69) is 15.2 Å². The van der Waals surface area contributed by atoms with Crippen molar-refractivity contribution in [1.29, 1.82) is 0 Å². The lowest BCUT2D eigenvalue weighted by atomic mass is 10.0. The molecule has 2 aliphatic heterocycles. The number of carbonyl (C=O) groups excluding carboxylic acids is 1. The summed E-state index contributed by atoms with van der Waals surface area (Å²) in [6.07, 6.45) is 3.76. The first-order valence-electron chi connectivity index (χ1n) is 7.95. The van der Waals surface area contributed by atoms with E-state index < -0.39 is 0 Å².